The molecule has 0 radical (unpaired) electrons. The third kappa shape index (κ3) is 4.12. The molecule has 0 N–H and O–H groups in total. The molecule has 0 bridgehead atoms. The van der Waals surface area contributed by atoms with Crippen molar-refractivity contribution in [3.8, 4) is 11.4 Å². The summed E-state index contributed by atoms with van der Waals surface area (Å²) < 4.78 is 5.44. The number of anilines is 1. The first-order chi connectivity index (χ1) is 11.8. The molecule has 0 unspecified atom stereocenters. The van der Waals surface area contributed by atoms with Gasteiger partial charge in [0, 0.05) is 42.2 Å². The molecule has 7 heteroatoms. The third-order valence-electron chi connectivity index (χ3n) is 4.19. The van der Waals surface area contributed by atoms with E-state index in [-0.39, 0.29) is 11.3 Å². The van der Waals surface area contributed by atoms with Crippen LogP contribution in [0.25, 0.3) is 11.4 Å². The van der Waals surface area contributed by atoms with Crippen molar-refractivity contribution >= 4 is 23.5 Å². The van der Waals surface area contributed by atoms with E-state index in [1.54, 1.807) is 0 Å². The summed E-state index contributed by atoms with van der Waals surface area (Å²) in [6, 6.07) is 7.85. The SMILES string of the molecule is CC(C)(C)C(=O)N1CCCN(c2nc(-c3cccc(Cl)c3)no2)CC1. The standard InChI is InChI=1S/C18H23ClN4O2/c1-18(2,3)16(24)22-8-5-9-23(11-10-22)17-20-15(21-25-17)13-6-4-7-14(19)12-13/h4,6-7,12H,5,8-11H2,1-3H3. The number of amides is 1. The van der Waals surface area contributed by atoms with E-state index in [4.69, 9.17) is 16.1 Å². The molecular formula is C18H23ClN4O2. The van der Waals surface area contributed by atoms with Crippen LogP contribution in [0.5, 0.6) is 0 Å². The van der Waals surface area contributed by atoms with E-state index in [9.17, 15) is 4.79 Å². The normalized spacial score (nSPS) is 16.0. The number of aromatic nitrogens is 2. The zero-order chi connectivity index (χ0) is 18.0. The average Bonchev–Trinajstić information content (AvgIpc) is 2.92. The highest BCUT2D eigenvalue weighted by atomic mass is 35.5. The fourth-order valence-corrected chi connectivity index (χ4v) is 3.07. The second kappa shape index (κ2) is 7.04. The lowest BCUT2D eigenvalue weighted by Gasteiger charge is -2.28. The number of benzene rings is 1. The molecule has 1 fully saturated rings. The van der Waals surface area contributed by atoms with Crippen LogP contribution in [0.15, 0.2) is 28.8 Å². The van der Waals surface area contributed by atoms with Crippen LogP contribution in [-0.4, -0.2) is 47.1 Å². The van der Waals surface area contributed by atoms with E-state index in [0.717, 1.165) is 25.1 Å². The molecule has 0 spiro atoms. The number of nitrogens with zero attached hydrogens (tertiary/aromatic N) is 4. The van der Waals surface area contributed by atoms with Gasteiger partial charge in [-0.05, 0) is 18.6 Å². The molecule has 1 aliphatic rings. The molecule has 3 rings (SSSR count). The van der Waals surface area contributed by atoms with Gasteiger partial charge in [-0.25, -0.2) is 0 Å². The summed E-state index contributed by atoms with van der Waals surface area (Å²) in [5.41, 5.74) is 0.459. The Bertz CT molecular complexity index is 754. The van der Waals surface area contributed by atoms with Crippen LogP contribution >= 0.6 is 11.6 Å². The number of halogens is 1. The molecule has 1 amide bonds. The van der Waals surface area contributed by atoms with E-state index in [1.807, 2.05) is 54.8 Å². The minimum atomic E-state index is -0.362. The Hall–Kier alpha value is -2.08. The van der Waals surface area contributed by atoms with Gasteiger partial charge >= 0.3 is 6.01 Å². The Balaban J connectivity index is 1.70. The predicted octanol–water partition coefficient (Wildman–Crippen LogP) is 3.47. The largest absolute Gasteiger partial charge is 0.340 e. The van der Waals surface area contributed by atoms with Crippen LogP contribution in [0.1, 0.15) is 27.2 Å². The lowest BCUT2D eigenvalue weighted by atomic mass is 9.94. The molecule has 0 atom stereocenters. The molecule has 2 heterocycles. The lowest BCUT2D eigenvalue weighted by molar-refractivity contribution is -0.139. The van der Waals surface area contributed by atoms with Crippen LogP contribution < -0.4 is 4.90 Å². The molecule has 1 saturated heterocycles. The maximum atomic E-state index is 12.5. The average molecular weight is 363 g/mol. The van der Waals surface area contributed by atoms with Crippen LogP contribution in [0.4, 0.5) is 6.01 Å². The zero-order valence-electron chi connectivity index (χ0n) is 14.8. The fraction of sp³-hybridized carbons (Fsp3) is 0.500. The summed E-state index contributed by atoms with van der Waals surface area (Å²) in [5, 5.41) is 4.69. The molecule has 6 nitrogen and oxygen atoms in total. The summed E-state index contributed by atoms with van der Waals surface area (Å²) >= 11 is 6.02. The first-order valence-corrected chi connectivity index (χ1v) is 8.86. The maximum absolute atomic E-state index is 12.5. The monoisotopic (exact) mass is 362 g/mol. The quantitative estimate of drug-likeness (QED) is 0.818. The van der Waals surface area contributed by atoms with Crippen LogP contribution in [0, 0.1) is 5.41 Å². The highest BCUT2D eigenvalue weighted by Crippen LogP contribution is 2.24. The van der Waals surface area contributed by atoms with Crippen molar-refractivity contribution in [2.45, 2.75) is 27.2 Å². The van der Waals surface area contributed by atoms with Crippen molar-refractivity contribution in [3.63, 3.8) is 0 Å². The summed E-state index contributed by atoms with van der Waals surface area (Å²) in [4.78, 5) is 20.9. The smallest absolute Gasteiger partial charge is 0.324 e. The first-order valence-electron chi connectivity index (χ1n) is 8.48. The molecule has 0 aliphatic carbocycles. The van der Waals surface area contributed by atoms with Crippen molar-refractivity contribution in [2.24, 2.45) is 5.41 Å². The van der Waals surface area contributed by atoms with Gasteiger partial charge in [-0.3, -0.25) is 4.79 Å². The molecule has 1 aromatic heterocycles. The highest BCUT2D eigenvalue weighted by molar-refractivity contribution is 6.30. The Labute approximate surface area is 152 Å². The van der Waals surface area contributed by atoms with E-state index in [2.05, 4.69) is 10.1 Å². The van der Waals surface area contributed by atoms with Crippen molar-refractivity contribution in [1.29, 1.82) is 0 Å². The van der Waals surface area contributed by atoms with Crippen LogP contribution in [0.2, 0.25) is 5.02 Å². The second-order valence-corrected chi connectivity index (χ2v) is 7.73. The van der Waals surface area contributed by atoms with Crippen molar-refractivity contribution < 1.29 is 9.32 Å². The Morgan fingerprint density at radius 3 is 2.72 bits per heavy atom. The molecule has 2 aromatic rings. The Kier molecular flexibility index (Phi) is 4.99. The van der Waals surface area contributed by atoms with Gasteiger partial charge in [0.05, 0.1) is 0 Å². The highest BCUT2D eigenvalue weighted by Gasteiger charge is 2.29. The van der Waals surface area contributed by atoms with Crippen molar-refractivity contribution in [1.82, 2.24) is 15.0 Å². The number of carbonyl (C=O) groups is 1. The maximum Gasteiger partial charge on any atom is 0.324 e. The van der Waals surface area contributed by atoms with E-state index in [1.165, 1.54) is 0 Å². The Morgan fingerprint density at radius 2 is 2.00 bits per heavy atom. The van der Waals surface area contributed by atoms with Gasteiger partial charge < -0.3 is 14.3 Å². The topological polar surface area (TPSA) is 62.5 Å². The molecule has 1 aromatic carbocycles. The summed E-state index contributed by atoms with van der Waals surface area (Å²) in [7, 11) is 0. The number of hydrogen-bond acceptors (Lipinski definition) is 5. The number of hydrogen-bond donors (Lipinski definition) is 0. The van der Waals surface area contributed by atoms with Gasteiger partial charge in [0.15, 0.2) is 0 Å². The second-order valence-electron chi connectivity index (χ2n) is 7.29. The minimum absolute atomic E-state index is 0.180. The number of rotatable bonds is 2. The van der Waals surface area contributed by atoms with Gasteiger partial charge in [-0.1, -0.05) is 49.7 Å². The van der Waals surface area contributed by atoms with E-state index < -0.39 is 0 Å². The zero-order valence-corrected chi connectivity index (χ0v) is 15.6. The van der Waals surface area contributed by atoms with Gasteiger partial charge in [0.2, 0.25) is 11.7 Å². The van der Waals surface area contributed by atoms with Gasteiger partial charge in [0.1, 0.15) is 0 Å². The van der Waals surface area contributed by atoms with Gasteiger partial charge in [-0.2, -0.15) is 4.98 Å². The summed E-state index contributed by atoms with van der Waals surface area (Å²) in [5.74, 6) is 0.698. The molecule has 25 heavy (non-hydrogen) atoms. The summed E-state index contributed by atoms with van der Waals surface area (Å²) in [6.07, 6.45) is 0.872. The minimum Gasteiger partial charge on any atom is -0.340 e. The van der Waals surface area contributed by atoms with Crippen molar-refractivity contribution in [3.05, 3.63) is 29.3 Å². The van der Waals surface area contributed by atoms with Gasteiger partial charge in [0.25, 0.3) is 0 Å². The first kappa shape index (κ1) is 17.7. The van der Waals surface area contributed by atoms with Crippen LogP contribution in [-0.2, 0) is 4.79 Å². The lowest BCUT2D eigenvalue weighted by Crippen LogP contribution is -2.41. The fourth-order valence-electron chi connectivity index (χ4n) is 2.87. The Morgan fingerprint density at radius 1 is 1.20 bits per heavy atom. The van der Waals surface area contributed by atoms with E-state index in [0.29, 0.717) is 30.0 Å². The van der Waals surface area contributed by atoms with Crippen molar-refractivity contribution in [2.75, 3.05) is 31.1 Å². The number of carbonyl (C=O) groups excluding carboxylic acids is 1. The predicted molar refractivity (Wildman–Crippen MR) is 97.6 cm³/mol. The van der Waals surface area contributed by atoms with Crippen LogP contribution in [0.3, 0.4) is 0 Å². The molecular weight excluding hydrogens is 340 g/mol. The van der Waals surface area contributed by atoms with Gasteiger partial charge in [-0.15, -0.1) is 0 Å². The summed E-state index contributed by atoms with van der Waals surface area (Å²) in [6.45, 7) is 8.73. The molecule has 1 aliphatic heterocycles. The van der Waals surface area contributed by atoms with E-state index >= 15 is 0 Å². The molecule has 134 valence electrons. The molecule has 0 saturated carbocycles. The third-order valence-corrected chi connectivity index (χ3v) is 4.43.